The van der Waals surface area contributed by atoms with E-state index in [1.54, 1.807) is 0 Å². The van der Waals surface area contributed by atoms with Crippen molar-refractivity contribution in [1.82, 2.24) is 19.5 Å². The number of hydrogen-bond acceptors (Lipinski definition) is 4. The number of hydrogen-bond donors (Lipinski definition) is 1. The summed E-state index contributed by atoms with van der Waals surface area (Å²) in [5.74, 6) is 1.83. The number of nitrogens with one attached hydrogen (secondary N) is 1. The molecule has 1 atom stereocenters. The van der Waals surface area contributed by atoms with E-state index >= 15 is 0 Å². The molecule has 4 rings (SSSR count). The Morgan fingerprint density at radius 2 is 2.08 bits per heavy atom. The molecule has 5 nitrogen and oxygen atoms in total. The molecule has 2 aliphatic rings. The van der Waals surface area contributed by atoms with E-state index in [9.17, 15) is 0 Å². The van der Waals surface area contributed by atoms with Crippen molar-refractivity contribution in [3.8, 4) is 0 Å². The minimum atomic E-state index is 0.746. The Labute approximate surface area is 144 Å². The van der Waals surface area contributed by atoms with Gasteiger partial charge in [-0.3, -0.25) is 0 Å². The standard InChI is InChI=1S/C19H29N5/c1-2-16-12-19(24-18(22-16)8-10-21-24)20-13-15-9-11-23(14-15)17-6-4-3-5-7-17/h8,10,12,15,17,20H,2-7,9,11,13-14H2,1H3/t15-/m1/s1. The number of likely N-dealkylation sites (tertiary alicyclic amines) is 1. The van der Waals surface area contributed by atoms with Gasteiger partial charge in [0.15, 0.2) is 5.65 Å². The fourth-order valence-corrected chi connectivity index (χ4v) is 4.33. The zero-order chi connectivity index (χ0) is 16.4. The normalized spacial score (nSPS) is 23.1. The fourth-order valence-electron chi connectivity index (χ4n) is 4.33. The van der Waals surface area contributed by atoms with Gasteiger partial charge in [0.2, 0.25) is 0 Å². The molecule has 1 saturated carbocycles. The van der Waals surface area contributed by atoms with Crippen molar-refractivity contribution in [2.75, 3.05) is 25.0 Å². The number of aryl methyl sites for hydroxylation is 1. The monoisotopic (exact) mass is 327 g/mol. The first-order chi connectivity index (χ1) is 11.8. The first-order valence-corrected chi connectivity index (χ1v) is 9.65. The second kappa shape index (κ2) is 7.09. The lowest BCUT2D eigenvalue weighted by Gasteiger charge is -2.31. The molecule has 1 aliphatic carbocycles. The lowest BCUT2D eigenvalue weighted by atomic mass is 9.94. The quantitative estimate of drug-likeness (QED) is 0.915. The zero-order valence-electron chi connectivity index (χ0n) is 14.7. The number of anilines is 1. The largest absolute Gasteiger partial charge is 0.370 e. The third-order valence-corrected chi connectivity index (χ3v) is 5.75. The van der Waals surface area contributed by atoms with Gasteiger partial charge >= 0.3 is 0 Å². The second-order valence-corrected chi connectivity index (χ2v) is 7.41. The van der Waals surface area contributed by atoms with Gasteiger partial charge in [-0.25, -0.2) is 4.98 Å². The summed E-state index contributed by atoms with van der Waals surface area (Å²) in [6, 6.07) is 4.98. The van der Waals surface area contributed by atoms with Crippen LogP contribution in [0.15, 0.2) is 18.3 Å². The molecule has 1 N–H and O–H groups in total. The summed E-state index contributed by atoms with van der Waals surface area (Å²) in [6.45, 7) is 5.72. The van der Waals surface area contributed by atoms with Gasteiger partial charge in [0.1, 0.15) is 5.82 Å². The molecule has 0 unspecified atom stereocenters. The van der Waals surface area contributed by atoms with Crippen LogP contribution in [0, 0.1) is 5.92 Å². The van der Waals surface area contributed by atoms with E-state index in [1.807, 2.05) is 16.8 Å². The number of nitrogens with zero attached hydrogens (tertiary/aromatic N) is 4. The van der Waals surface area contributed by atoms with Crippen LogP contribution in [-0.2, 0) is 6.42 Å². The van der Waals surface area contributed by atoms with Crippen LogP contribution in [0.5, 0.6) is 0 Å². The van der Waals surface area contributed by atoms with Crippen LogP contribution >= 0.6 is 0 Å². The summed E-state index contributed by atoms with van der Waals surface area (Å²) < 4.78 is 1.92. The lowest BCUT2D eigenvalue weighted by Crippen LogP contribution is -2.35. The average Bonchev–Trinajstić information content (AvgIpc) is 3.29. The summed E-state index contributed by atoms with van der Waals surface area (Å²) in [5.41, 5.74) is 2.06. The predicted octanol–water partition coefficient (Wildman–Crippen LogP) is 3.36. The second-order valence-electron chi connectivity index (χ2n) is 7.41. The van der Waals surface area contributed by atoms with Gasteiger partial charge in [-0.15, -0.1) is 0 Å². The molecule has 3 heterocycles. The highest BCUT2D eigenvalue weighted by molar-refractivity contribution is 5.49. The molecule has 0 spiro atoms. The van der Waals surface area contributed by atoms with Crippen LogP contribution in [0.25, 0.3) is 5.65 Å². The molecule has 1 saturated heterocycles. The Morgan fingerprint density at radius 3 is 2.92 bits per heavy atom. The molecule has 0 amide bonds. The number of aromatic nitrogens is 3. The van der Waals surface area contributed by atoms with Gasteiger partial charge in [-0.05, 0) is 38.1 Å². The average molecular weight is 327 g/mol. The van der Waals surface area contributed by atoms with Crippen molar-refractivity contribution in [2.45, 2.75) is 57.9 Å². The fraction of sp³-hybridized carbons (Fsp3) is 0.684. The molecule has 0 bridgehead atoms. The maximum Gasteiger partial charge on any atom is 0.157 e. The Balaban J connectivity index is 1.38. The molecule has 2 aromatic rings. The smallest absolute Gasteiger partial charge is 0.157 e. The minimum absolute atomic E-state index is 0.746. The van der Waals surface area contributed by atoms with Crippen LogP contribution in [-0.4, -0.2) is 45.2 Å². The highest BCUT2D eigenvalue weighted by atomic mass is 15.3. The number of fused-ring (bicyclic) bond motifs is 1. The Morgan fingerprint density at radius 1 is 1.21 bits per heavy atom. The molecule has 1 aliphatic heterocycles. The maximum absolute atomic E-state index is 4.62. The summed E-state index contributed by atoms with van der Waals surface area (Å²) in [5, 5.41) is 8.06. The Hall–Kier alpha value is -1.62. The first-order valence-electron chi connectivity index (χ1n) is 9.65. The van der Waals surface area contributed by atoms with Gasteiger partial charge in [0.05, 0.1) is 6.20 Å². The summed E-state index contributed by atoms with van der Waals surface area (Å²) in [6.07, 6.45) is 11.2. The number of rotatable bonds is 5. The van der Waals surface area contributed by atoms with Crippen LogP contribution in [0.3, 0.4) is 0 Å². The zero-order valence-corrected chi connectivity index (χ0v) is 14.7. The van der Waals surface area contributed by atoms with Crippen LogP contribution < -0.4 is 5.32 Å². The van der Waals surface area contributed by atoms with Gasteiger partial charge < -0.3 is 10.2 Å². The van der Waals surface area contributed by atoms with Crippen molar-refractivity contribution in [1.29, 1.82) is 0 Å². The van der Waals surface area contributed by atoms with Gasteiger partial charge in [0.25, 0.3) is 0 Å². The van der Waals surface area contributed by atoms with Crippen LogP contribution in [0.2, 0.25) is 0 Å². The highest BCUT2D eigenvalue weighted by Gasteiger charge is 2.28. The molecule has 2 aromatic heterocycles. The van der Waals surface area contributed by atoms with Crippen molar-refractivity contribution in [2.24, 2.45) is 5.92 Å². The molecule has 24 heavy (non-hydrogen) atoms. The third-order valence-electron chi connectivity index (χ3n) is 5.75. The van der Waals surface area contributed by atoms with Crippen LogP contribution in [0.1, 0.15) is 51.1 Å². The van der Waals surface area contributed by atoms with Gasteiger partial charge in [-0.2, -0.15) is 9.61 Å². The summed E-state index contributed by atoms with van der Waals surface area (Å²) in [7, 11) is 0. The van der Waals surface area contributed by atoms with Gasteiger partial charge in [0, 0.05) is 37.0 Å². The third kappa shape index (κ3) is 3.27. The molecule has 0 radical (unpaired) electrons. The van der Waals surface area contributed by atoms with Crippen molar-refractivity contribution >= 4 is 11.5 Å². The Bertz CT molecular complexity index is 673. The van der Waals surface area contributed by atoms with E-state index < -0.39 is 0 Å². The first kappa shape index (κ1) is 15.9. The predicted molar refractivity (Wildman–Crippen MR) is 97.4 cm³/mol. The Kier molecular flexibility index (Phi) is 4.69. The minimum Gasteiger partial charge on any atom is -0.370 e. The van der Waals surface area contributed by atoms with Crippen molar-refractivity contribution in [3.63, 3.8) is 0 Å². The van der Waals surface area contributed by atoms with Gasteiger partial charge in [-0.1, -0.05) is 26.2 Å². The highest BCUT2D eigenvalue weighted by Crippen LogP contribution is 2.28. The van der Waals surface area contributed by atoms with E-state index in [-0.39, 0.29) is 0 Å². The molecule has 130 valence electrons. The SMILES string of the molecule is CCc1cc(NC[C@H]2CCN(C3CCCCC3)C2)n2nccc2n1. The topological polar surface area (TPSA) is 45.5 Å². The van der Waals surface area contributed by atoms with E-state index in [2.05, 4.69) is 33.3 Å². The molecular weight excluding hydrogens is 298 g/mol. The lowest BCUT2D eigenvalue weighted by molar-refractivity contribution is 0.186. The summed E-state index contributed by atoms with van der Waals surface area (Å²) in [4.78, 5) is 7.37. The molecule has 5 heteroatoms. The van der Waals surface area contributed by atoms with Crippen molar-refractivity contribution in [3.05, 3.63) is 24.0 Å². The molecule has 2 fully saturated rings. The summed E-state index contributed by atoms with van der Waals surface area (Å²) >= 11 is 0. The van der Waals surface area contributed by atoms with E-state index in [1.165, 1.54) is 51.6 Å². The molecule has 0 aromatic carbocycles. The van der Waals surface area contributed by atoms with E-state index in [0.717, 1.165) is 42.1 Å². The van der Waals surface area contributed by atoms with E-state index in [4.69, 9.17) is 0 Å². The maximum atomic E-state index is 4.62. The van der Waals surface area contributed by atoms with Crippen molar-refractivity contribution < 1.29 is 0 Å². The van der Waals surface area contributed by atoms with Crippen LogP contribution in [0.4, 0.5) is 5.82 Å². The molecular formula is C19H29N5. The van der Waals surface area contributed by atoms with E-state index in [0.29, 0.717) is 0 Å².